The quantitative estimate of drug-likeness (QED) is 0.916. The number of hydrogen-bond acceptors (Lipinski definition) is 1. The number of fused-ring (bicyclic) bond motifs is 1. The van der Waals surface area contributed by atoms with Gasteiger partial charge in [0.2, 0.25) is 5.91 Å². The van der Waals surface area contributed by atoms with E-state index in [4.69, 9.17) is 0 Å². The lowest BCUT2D eigenvalue weighted by Crippen LogP contribution is -2.24. The van der Waals surface area contributed by atoms with Crippen molar-refractivity contribution in [3.63, 3.8) is 0 Å². The highest BCUT2D eigenvalue weighted by molar-refractivity contribution is 5.82. The minimum Gasteiger partial charge on any atom is -0.352 e. The van der Waals surface area contributed by atoms with E-state index in [0.29, 0.717) is 6.54 Å². The molecule has 2 aliphatic rings. The highest BCUT2D eigenvalue weighted by Crippen LogP contribution is 2.47. The van der Waals surface area contributed by atoms with Gasteiger partial charge < -0.3 is 5.32 Å². The van der Waals surface area contributed by atoms with Gasteiger partial charge in [-0.05, 0) is 66.0 Å². The molecule has 2 nitrogen and oxygen atoms in total. The number of halogens is 1. The van der Waals surface area contributed by atoms with Crippen LogP contribution < -0.4 is 5.32 Å². The van der Waals surface area contributed by atoms with Gasteiger partial charge in [0, 0.05) is 12.5 Å². The molecule has 1 saturated carbocycles. The summed E-state index contributed by atoms with van der Waals surface area (Å²) in [6.07, 6.45) is 4.39. The lowest BCUT2D eigenvalue weighted by Gasteiger charge is -2.07. The summed E-state index contributed by atoms with van der Waals surface area (Å²) in [5, 5.41) is 3.03. The first-order chi connectivity index (χ1) is 11.2. The molecule has 3 heteroatoms. The van der Waals surface area contributed by atoms with Gasteiger partial charge in [-0.2, -0.15) is 0 Å². The summed E-state index contributed by atoms with van der Waals surface area (Å²) in [5.74, 6) is 0.0170. The fourth-order valence-corrected chi connectivity index (χ4v) is 3.65. The molecule has 1 N–H and O–H groups in total. The first-order valence-electron chi connectivity index (χ1n) is 8.34. The van der Waals surface area contributed by atoms with E-state index in [1.807, 2.05) is 6.07 Å². The summed E-state index contributed by atoms with van der Waals surface area (Å²) >= 11 is 0. The van der Waals surface area contributed by atoms with Crippen molar-refractivity contribution in [1.29, 1.82) is 0 Å². The van der Waals surface area contributed by atoms with E-state index in [1.54, 1.807) is 12.1 Å². The van der Waals surface area contributed by atoms with Gasteiger partial charge in [-0.3, -0.25) is 4.79 Å². The second kappa shape index (κ2) is 5.80. The van der Waals surface area contributed by atoms with Gasteiger partial charge in [-0.15, -0.1) is 0 Å². The van der Waals surface area contributed by atoms with Crippen molar-refractivity contribution in [2.45, 2.75) is 38.1 Å². The molecule has 0 radical (unpaired) electrons. The van der Waals surface area contributed by atoms with Gasteiger partial charge in [0.1, 0.15) is 5.82 Å². The topological polar surface area (TPSA) is 29.1 Å². The third kappa shape index (κ3) is 3.00. The summed E-state index contributed by atoms with van der Waals surface area (Å²) in [6, 6.07) is 13.1. The third-order valence-electron chi connectivity index (χ3n) is 5.03. The number of carbonyl (C=O) groups is 1. The Hall–Kier alpha value is -2.16. The van der Waals surface area contributed by atoms with Crippen molar-refractivity contribution >= 4 is 5.91 Å². The smallest absolute Gasteiger partial charge is 0.224 e. The van der Waals surface area contributed by atoms with E-state index in [1.165, 1.54) is 35.6 Å². The number of aryl methyl sites for hydroxylation is 2. The van der Waals surface area contributed by atoms with Gasteiger partial charge in [0.15, 0.2) is 0 Å². The van der Waals surface area contributed by atoms with Gasteiger partial charge in [-0.25, -0.2) is 4.39 Å². The Morgan fingerprint density at radius 2 is 2.00 bits per heavy atom. The number of carbonyl (C=O) groups excluding carboxylic acids is 1. The van der Waals surface area contributed by atoms with Crippen molar-refractivity contribution in [3.05, 3.63) is 70.5 Å². The van der Waals surface area contributed by atoms with Crippen LogP contribution in [0.3, 0.4) is 0 Å². The molecule has 118 valence electrons. The first-order valence-corrected chi connectivity index (χ1v) is 8.34. The van der Waals surface area contributed by atoms with Gasteiger partial charge in [0.05, 0.1) is 0 Å². The lowest BCUT2D eigenvalue weighted by atomic mass is 10.1. The average molecular weight is 309 g/mol. The van der Waals surface area contributed by atoms with Crippen LogP contribution in [0.2, 0.25) is 0 Å². The molecule has 0 aromatic heterocycles. The zero-order chi connectivity index (χ0) is 15.8. The zero-order valence-corrected chi connectivity index (χ0v) is 13.0. The number of rotatable bonds is 4. The maximum atomic E-state index is 13.3. The fraction of sp³-hybridized carbons (Fsp3) is 0.350. The Kier molecular flexibility index (Phi) is 3.64. The van der Waals surface area contributed by atoms with Crippen molar-refractivity contribution < 1.29 is 9.18 Å². The molecule has 23 heavy (non-hydrogen) atoms. The van der Waals surface area contributed by atoms with E-state index in [-0.39, 0.29) is 23.6 Å². The predicted octanol–water partition coefficient (Wildman–Crippen LogP) is 3.73. The molecule has 0 bridgehead atoms. The molecule has 2 aromatic rings. The number of nitrogens with one attached hydrogen (secondary N) is 1. The lowest BCUT2D eigenvalue weighted by molar-refractivity contribution is -0.122. The highest BCUT2D eigenvalue weighted by atomic mass is 19.1. The molecule has 2 atom stereocenters. The average Bonchev–Trinajstić information content (AvgIpc) is 3.23. The van der Waals surface area contributed by atoms with E-state index >= 15 is 0 Å². The van der Waals surface area contributed by atoms with Crippen LogP contribution in [0.1, 0.15) is 41.0 Å². The Bertz CT molecular complexity index is 755. The van der Waals surface area contributed by atoms with Crippen LogP contribution in [0.15, 0.2) is 42.5 Å². The largest absolute Gasteiger partial charge is 0.352 e. The molecule has 4 rings (SSSR count). The Morgan fingerprint density at radius 3 is 2.87 bits per heavy atom. The van der Waals surface area contributed by atoms with Crippen LogP contribution in [0, 0.1) is 11.7 Å². The fourth-order valence-electron chi connectivity index (χ4n) is 3.65. The van der Waals surface area contributed by atoms with Crippen LogP contribution in [0.4, 0.5) is 4.39 Å². The second-order valence-electron chi connectivity index (χ2n) is 6.68. The molecule has 0 saturated heterocycles. The Balaban J connectivity index is 1.34. The van der Waals surface area contributed by atoms with E-state index < -0.39 is 0 Å². The highest BCUT2D eigenvalue weighted by Gasteiger charge is 2.43. The van der Waals surface area contributed by atoms with Crippen LogP contribution >= 0.6 is 0 Å². The molecule has 0 spiro atoms. The first kappa shape index (κ1) is 14.4. The minimum atomic E-state index is -0.230. The Morgan fingerprint density at radius 1 is 1.13 bits per heavy atom. The third-order valence-corrected chi connectivity index (χ3v) is 5.03. The summed E-state index contributed by atoms with van der Waals surface area (Å²) in [4.78, 5) is 12.3. The number of benzene rings is 2. The van der Waals surface area contributed by atoms with Crippen molar-refractivity contribution in [1.82, 2.24) is 5.32 Å². The molecule has 0 unspecified atom stereocenters. The molecular formula is C20H20FNO. The number of hydrogen-bond donors (Lipinski definition) is 1. The molecule has 0 heterocycles. The van der Waals surface area contributed by atoms with Gasteiger partial charge in [-0.1, -0.05) is 30.3 Å². The maximum Gasteiger partial charge on any atom is 0.224 e. The summed E-state index contributed by atoms with van der Waals surface area (Å²) in [7, 11) is 0. The maximum absolute atomic E-state index is 13.3. The SMILES string of the molecule is O=C(NCc1ccc2c(c1)CCC2)[C@@H]1C[C@@H]1c1cccc(F)c1. The standard InChI is InChI=1S/C20H20FNO/c21-17-6-2-5-16(10-17)18-11-19(18)20(23)22-12-13-7-8-14-3-1-4-15(14)9-13/h2,5-10,18-19H,1,3-4,11-12H2,(H,22,23)/t18-,19-/m1/s1. The monoisotopic (exact) mass is 309 g/mol. The normalized spacial score (nSPS) is 21.8. The van der Waals surface area contributed by atoms with Gasteiger partial charge in [0.25, 0.3) is 0 Å². The van der Waals surface area contributed by atoms with Crippen molar-refractivity contribution in [3.8, 4) is 0 Å². The van der Waals surface area contributed by atoms with Crippen LogP contribution in [0.25, 0.3) is 0 Å². The van der Waals surface area contributed by atoms with E-state index in [2.05, 4.69) is 23.5 Å². The summed E-state index contributed by atoms with van der Waals surface area (Å²) < 4.78 is 13.3. The van der Waals surface area contributed by atoms with Crippen molar-refractivity contribution in [2.75, 3.05) is 0 Å². The summed E-state index contributed by atoms with van der Waals surface area (Å²) in [6.45, 7) is 0.582. The molecule has 2 aliphatic carbocycles. The predicted molar refractivity (Wildman–Crippen MR) is 87.6 cm³/mol. The molecule has 1 amide bonds. The van der Waals surface area contributed by atoms with Crippen LogP contribution in [0.5, 0.6) is 0 Å². The zero-order valence-electron chi connectivity index (χ0n) is 13.0. The summed E-state index contributed by atoms with van der Waals surface area (Å²) in [5.41, 5.74) is 4.99. The number of amides is 1. The van der Waals surface area contributed by atoms with Crippen LogP contribution in [-0.4, -0.2) is 5.91 Å². The van der Waals surface area contributed by atoms with E-state index in [0.717, 1.165) is 18.4 Å². The van der Waals surface area contributed by atoms with Gasteiger partial charge >= 0.3 is 0 Å². The molecule has 2 aromatic carbocycles. The van der Waals surface area contributed by atoms with Crippen molar-refractivity contribution in [2.24, 2.45) is 5.92 Å². The molecule has 0 aliphatic heterocycles. The molecule has 1 fully saturated rings. The van der Waals surface area contributed by atoms with E-state index in [9.17, 15) is 9.18 Å². The van der Waals surface area contributed by atoms with Crippen LogP contribution in [-0.2, 0) is 24.2 Å². The minimum absolute atomic E-state index is 0.00812. The second-order valence-corrected chi connectivity index (χ2v) is 6.68. The Labute approximate surface area is 135 Å². The molecular weight excluding hydrogens is 289 g/mol.